The van der Waals surface area contributed by atoms with Crippen molar-refractivity contribution in [2.45, 2.75) is 12.5 Å². The van der Waals surface area contributed by atoms with E-state index in [9.17, 15) is 0 Å². The van der Waals surface area contributed by atoms with Crippen molar-refractivity contribution in [2.75, 3.05) is 13.7 Å². The van der Waals surface area contributed by atoms with Crippen LogP contribution in [0, 0.1) is 0 Å². The van der Waals surface area contributed by atoms with E-state index < -0.39 is 0 Å². The summed E-state index contributed by atoms with van der Waals surface area (Å²) in [5.41, 5.74) is 6.66. The molecule has 1 unspecified atom stereocenters. The molecule has 3 heteroatoms. The molecule has 1 aromatic carbocycles. The van der Waals surface area contributed by atoms with Crippen molar-refractivity contribution in [3.63, 3.8) is 0 Å². The lowest BCUT2D eigenvalue weighted by molar-refractivity contribution is 0.0978. The molecule has 0 bridgehead atoms. The molecule has 0 heterocycles. The summed E-state index contributed by atoms with van der Waals surface area (Å²) >= 11 is 3.39. The fraction of sp³-hybridized carbons (Fsp3) is 0.400. The molecule has 1 atom stereocenters. The minimum absolute atomic E-state index is 0.123. The Kier molecular flexibility index (Phi) is 4.42. The first kappa shape index (κ1) is 10.7. The van der Waals surface area contributed by atoms with Gasteiger partial charge in [-0.2, -0.15) is 0 Å². The van der Waals surface area contributed by atoms with Crippen LogP contribution in [-0.2, 0) is 4.74 Å². The van der Waals surface area contributed by atoms with E-state index in [0.29, 0.717) is 6.54 Å². The van der Waals surface area contributed by atoms with E-state index in [1.165, 1.54) is 5.56 Å². The van der Waals surface area contributed by atoms with Crippen molar-refractivity contribution < 1.29 is 4.74 Å². The minimum Gasteiger partial charge on any atom is -0.377 e. The Bertz CT molecular complexity index is 248. The molecule has 0 amide bonds. The van der Waals surface area contributed by atoms with Crippen molar-refractivity contribution in [2.24, 2.45) is 5.73 Å². The predicted octanol–water partition coefficient (Wildman–Crippen LogP) is 2.49. The summed E-state index contributed by atoms with van der Waals surface area (Å²) in [6.07, 6.45) is 0.982. The minimum atomic E-state index is 0.123. The second-order valence-corrected chi connectivity index (χ2v) is 3.77. The van der Waals surface area contributed by atoms with Crippen molar-refractivity contribution in [1.82, 2.24) is 0 Å². The third-order valence-electron chi connectivity index (χ3n) is 1.96. The number of rotatable bonds is 4. The van der Waals surface area contributed by atoms with Crippen LogP contribution in [0.1, 0.15) is 18.1 Å². The van der Waals surface area contributed by atoms with Gasteiger partial charge in [-0.1, -0.05) is 28.1 Å². The third-order valence-corrected chi connectivity index (χ3v) is 2.48. The summed E-state index contributed by atoms with van der Waals surface area (Å²) in [7, 11) is 1.71. The Hall–Kier alpha value is -0.380. The maximum absolute atomic E-state index is 5.48. The lowest BCUT2D eigenvalue weighted by Crippen LogP contribution is -2.08. The average molecular weight is 244 g/mol. The van der Waals surface area contributed by atoms with E-state index in [-0.39, 0.29) is 6.10 Å². The van der Waals surface area contributed by atoms with Gasteiger partial charge in [0.1, 0.15) is 0 Å². The van der Waals surface area contributed by atoms with Gasteiger partial charge < -0.3 is 10.5 Å². The Labute approximate surface area is 87.2 Å². The van der Waals surface area contributed by atoms with Crippen molar-refractivity contribution in [3.05, 3.63) is 34.3 Å². The number of methoxy groups -OCH3 is 1. The molecule has 2 nitrogen and oxygen atoms in total. The average Bonchev–Trinajstić information content (AvgIpc) is 2.16. The Balaban J connectivity index is 2.73. The molecule has 0 spiro atoms. The molecule has 0 aromatic heterocycles. The Morgan fingerprint density at radius 1 is 1.38 bits per heavy atom. The number of ether oxygens (including phenoxy) is 1. The first-order valence-corrected chi connectivity index (χ1v) is 5.05. The maximum Gasteiger partial charge on any atom is 0.0833 e. The smallest absolute Gasteiger partial charge is 0.0833 e. The molecule has 0 saturated heterocycles. The van der Waals surface area contributed by atoms with Gasteiger partial charge >= 0.3 is 0 Å². The zero-order valence-corrected chi connectivity index (χ0v) is 9.25. The maximum atomic E-state index is 5.48. The number of benzene rings is 1. The molecule has 0 saturated carbocycles. The van der Waals surface area contributed by atoms with E-state index in [4.69, 9.17) is 10.5 Å². The summed E-state index contributed by atoms with van der Waals surface area (Å²) in [5, 5.41) is 0. The number of hydrogen-bond acceptors (Lipinski definition) is 2. The van der Waals surface area contributed by atoms with Gasteiger partial charge in [0, 0.05) is 11.6 Å². The van der Waals surface area contributed by atoms with Gasteiger partial charge in [0.25, 0.3) is 0 Å². The van der Waals surface area contributed by atoms with Gasteiger partial charge in [-0.25, -0.2) is 0 Å². The standard InChI is InChI=1S/C10H14BrNO/c1-13-10(6-7-12)8-2-4-9(11)5-3-8/h2-5,10H,6-7,12H2,1H3. The van der Waals surface area contributed by atoms with Crippen LogP contribution >= 0.6 is 15.9 Å². The Morgan fingerprint density at radius 3 is 2.46 bits per heavy atom. The molecule has 13 heavy (non-hydrogen) atoms. The van der Waals surface area contributed by atoms with Crippen LogP contribution in [-0.4, -0.2) is 13.7 Å². The molecule has 1 rings (SSSR count). The van der Waals surface area contributed by atoms with E-state index in [2.05, 4.69) is 15.9 Å². The topological polar surface area (TPSA) is 35.2 Å². The first-order valence-electron chi connectivity index (χ1n) is 4.26. The predicted molar refractivity (Wildman–Crippen MR) is 57.6 cm³/mol. The third kappa shape index (κ3) is 3.10. The lowest BCUT2D eigenvalue weighted by atomic mass is 10.1. The second-order valence-electron chi connectivity index (χ2n) is 2.85. The highest BCUT2D eigenvalue weighted by molar-refractivity contribution is 9.10. The van der Waals surface area contributed by atoms with Crippen LogP contribution in [0.25, 0.3) is 0 Å². The molecule has 1 aromatic rings. The highest BCUT2D eigenvalue weighted by atomic mass is 79.9. The van der Waals surface area contributed by atoms with Crippen LogP contribution < -0.4 is 5.73 Å². The van der Waals surface area contributed by atoms with Crippen LogP contribution in [0.15, 0.2) is 28.7 Å². The van der Waals surface area contributed by atoms with E-state index in [0.717, 1.165) is 10.9 Å². The zero-order valence-electron chi connectivity index (χ0n) is 7.66. The number of halogens is 1. The van der Waals surface area contributed by atoms with Crippen molar-refractivity contribution in [3.8, 4) is 0 Å². The quantitative estimate of drug-likeness (QED) is 0.883. The van der Waals surface area contributed by atoms with E-state index in [1.807, 2.05) is 24.3 Å². The zero-order chi connectivity index (χ0) is 9.68. The van der Waals surface area contributed by atoms with Gasteiger partial charge in [-0.3, -0.25) is 0 Å². The van der Waals surface area contributed by atoms with Gasteiger partial charge in [-0.15, -0.1) is 0 Å². The highest BCUT2D eigenvalue weighted by Crippen LogP contribution is 2.21. The summed E-state index contributed by atoms with van der Waals surface area (Å²) in [6.45, 7) is 0.647. The summed E-state index contributed by atoms with van der Waals surface area (Å²) in [4.78, 5) is 0. The second kappa shape index (κ2) is 5.37. The normalized spacial score (nSPS) is 12.8. The van der Waals surface area contributed by atoms with Gasteiger partial charge in [0.2, 0.25) is 0 Å². The monoisotopic (exact) mass is 243 g/mol. The van der Waals surface area contributed by atoms with Crippen LogP contribution in [0.5, 0.6) is 0 Å². The molecular weight excluding hydrogens is 230 g/mol. The summed E-state index contributed by atoms with van der Waals surface area (Å²) in [5.74, 6) is 0. The van der Waals surface area contributed by atoms with E-state index >= 15 is 0 Å². The molecule has 0 radical (unpaired) electrons. The molecule has 72 valence electrons. The summed E-state index contributed by atoms with van der Waals surface area (Å²) < 4.78 is 6.40. The highest BCUT2D eigenvalue weighted by Gasteiger charge is 2.08. The van der Waals surface area contributed by atoms with Gasteiger partial charge in [-0.05, 0) is 30.7 Å². The number of nitrogens with two attached hydrogens (primary N) is 1. The molecule has 0 aliphatic rings. The van der Waals surface area contributed by atoms with Crippen LogP contribution in [0.3, 0.4) is 0 Å². The first-order chi connectivity index (χ1) is 6.27. The number of hydrogen-bond donors (Lipinski definition) is 1. The van der Waals surface area contributed by atoms with Gasteiger partial charge in [0.15, 0.2) is 0 Å². The molecule has 0 aliphatic carbocycles. The Morgan fingerprint density at radius 2 is 2.00 bits per heavy atom. The molecule has 2 N–H and O–H groups in total. The van der Waals surface area contributed by atoms with Crippen LogP contribution in [0.4, 0.5) is 0 Å². The fourth-order valence-electron chi connectivity index (χ4n) is 1.25. The molecular formula is C10H14BrNO. The lowest BCUT2D eigenvalue weighted by Gasteiger charge is -2.14. The SMILES string of the molecule is COC(CCN)c1ccc(Br)cc1. The van der Waals surface area contributed by atoms with Gasteiger partial charge in [0.05, 0.1) is 6.10 Å². The molecule has 0 aliphatic heterocycles. The van der Waals surface area contributed by atoms with Crippen molar-refractivity contribution >= 4 is 15.9 Å². The molecule has 0 fully saturated rings. The fourth-order valence-corrected chi connectivity index (χ4v) is 1.51. The van der Waals surface area contributed by atoms with E-state index in [1.54, 1.807) is 7.11 Å². The van der Waals surface area contributed by atoms with Crippen molar-refractivity contribution in [1.29, 1.82) is 0 Å². The largest absolute Gasteiger partial charge is 0.377 e. The van der Waals surface area contributed by atoms with Crippen LogP contribution in [0.2, 0.25) is 0 Å². The summed E-state index contributed by atoms with van der Waals surface area (Å²) in [6, 6.07) is 8.12.